The van der Waals surface area contributed by atoms with Crippen LogP contribution in [-0.2, 0) is 47.9 Å². The van der Waals surface area contributed by atoms with E-state index in [9.17, 15) is 19.8 Å². The lowest BCUT2D eigenvalue weighted by Crippen LogP contribution is -2.48. The van der Waals surface area contributed by atoms with Crippen LogP contribution in [0.2, 0.25) is 0 Å². The number of carbonyl (C=O) groups is 2. The van der Waals surface area contributed by atoms with Gasteiger partial charge in [0, 0.05) is 46.1 Å². The molecule has 3 aromatic rings. The lowest BCUT2D eigenvalue weighted by molar-refractivity contribution is -0.137. The second kappa shape index (κ2) is 22.8. The van der Waals surface area contributed by atoms with Gasteiger partial charge in [-0.25, -0.2) is 4.79 Å². The summed E-state index contributed by atoms with van der Waals surface area (Å²) in [6.45, 7) is 10.2. The molecule has 1 heterocycles. The van der Waals surface area contributed by atoms with Crippen LogP contribution in [0, 0.1) is 0 Å². The number of aliphatic hydroxyl groups excluding tert-OH is 2. The molecule has 0 unspecified atom stereocenters. The van der Waals surface area contributed by atoms with Crippen molar-refractivity contribution in [1.82, 2.24) is 15.1 Å². The number of nitrogens with zero attached hydrogens (tertiary/aromatic N) is 2. The van der Waals surface area contributed by atoms with E-state index >= 15 is 0 Å². The average Bonchev–Trinajstić information content (AvgIpc) is 3.54. The van der Waals surface area contributed by atoms with Crippen molar-refractivity contribution < 1.29 is 48.2 Å². The molecule has 0 radical (unpaired) electrons. The van der Waals surface area contributed by atoms with E-state index in [2.05, 4.69) is 10.2 Å². The maximum atomic E-state index is 14.3. The largest absolute Gasteiger partial charge is 0.492 e. The molecular formula is C44H61N3O10. The molecular weight excluding hydrogens is 730 g/mol. The van der Waals surface area contributed by atoms with Crippen molar-refractivity contribution >= 4 is 12.0 Å². The molecule has 0 saturated carbocycles. The first-order chi connectivity index (χ1) is 27.6. The Labute approximate surface area is 337 Å². The van der Waals surface area contributed by atoms with Crippen LogP contribution in [0.1, 0.15) is 55.0 Å². The predicted molar refractivity (Wildman–Crippen MR) is 215 cm³/mol. The highest BCUT2D eigenvalue weighted by molar-refractivity contribution is 5.77. The fourth-order valence-corrected chi connectivity index (χ4v) is 7.18. The molecule has 0 aromatic heterocycles. The third-order valence-corrected chi connectivity index (χ3v) is 10.2. The first kappa shape index (κ1) is 44.0. The first-order valence-corrected chi connectivity index (χ1v) is 20.0. The summed E-state index contributed by atoms with van der Waals surface area (Å²) >= 11 is 0. The molecule has 13 heteroatoms. The van der Waals surface area contributed by atoms with Crippen molar-refractivity contribution in [2.45, 2.75) is 76.0 Å². The summed E-state index contributed by atoms with van der Waals surface area (Å²) in [7, 11) is 1.61. The number of amides is 2. The number of carbonyl (C=O) groups excluding carboxylic acids is 2. The number of morpholine rings is 1. The van der Waals surface area contributed by atoms with Gasteiger partial charge in [-0.3, -0.25) is 9.69 Å². The summed E-state index contributed by atoms with van der Waals surface area (Å²) in [5.41, 5.74) is 2.76. The van der Waals surface area contributed by atoms with E-state index in [1.807, 2.05) is 78.9 Å². The number of aliphatic hydroxyl groups is 2. The number of hydrogen-bond donors (Lipinski definition) is 3. The summed E-state index contributed by atoms with van der Waals surface area (Å²) in [5.74, 6) is 0.528. The number of fused-ring (bicyclic) bond motifs is 1. The molecule has 2 aliphatic rings. The maximum Gasteiger partial charge on any atom is 0.408 e. The summed E-state index contributed by atoms with van der Waals surface area (Å²) in [6, 6.07) is 23.8. The standard InChI is InChI=1S/C44H61N3O10/c1-44(2,32-55-28-27-54-26-25-52-3)57-43(51)45-38(29-33-9-5-4-6-10-33)39(48)17-18-41(50)47(42-37-12-8-7-11-35(37)30-40(42)49)31-34-13-15-36(16-14-34)56-24-21-46-19-22-53-23-20-46/h4-16,38-40,42,48-49H,17-32H2,1-3H3,(H,45,51)/t38-,39-,40+,42-/m0/s1. The summed E-state index contributed by atoms with van der Waals surface area (Å²) in [5, 5.41) is 25.8. The Balaban J connectivity index is 1.22. The number of rotatable bonds is 23. The molecule has 13 nitrogen and oxygen atoms in total. The summed E-state index contributed by atoms with van der Waals surface area (Å²) in [4.78, 5) is 31.5. The fourth-order valence-electron chi connectivity index (χ4n) is 7.18. The van der Waals surface area contributed by atoms with Crippen LogP contribution in [0.3, 0.4) is 0 Å². The van der Waals surface area contributed by atoms with Crippen molar-refractivity contribution in [3.05, 3.63) is 101 Å². The Hall–Kier alpha value is -4.08. The first-order valence-electron chi connectivity index (χ1n) is 20.0. The third-order valence-electron chi connectivity index (χ3n) is 10.2. The number of alkyl carbamates (subject to hydrolysis) is 1. The second-order valence-electron chi connectivity index (χ2n) is 15.2. The normalized spacial score (nSPS) is 18.1. The van der Waals surface area contributed by atoms with Gasteiger partial charge in [0.05, 0.1) is 70.5 Å². The van der Waals surface area contributed by atoms with Crippen LogP contribution in [0.5, 0.6) is 5.75 Å². The Morgan fingerprint density at radius 1 is 0.912 bits per heavy atom. The van der Waals surface area contributed by atoms with Gasteiger partial charge < -0.3 is 48.9 Å². The van der Waals surface area contributed by atoms with Gasteiger partial charge in [-0.2, -0.15) is 0 Å². The van der Waals surface area contributed by atoms with E-state index in [1.54, 1.807) is 25.9 Å². The molecule has 4 atom stereocenters. The van der Waals surface area contributed by atoms with Crippen molar-refractivity contribution in [3.63, 3.8) is 0 Å². The number of nitrogens with one attached hydrogen (secondary N) is 1. The second-order valence-corrected chi connectivity index (χ2v) is 15.2. The van der Waals surface area contributed by atoms with Gasteiger partial charge in [0.1, 0.15) is 18.0 Å². The highest BCUT2D eigenvalue weighted by atomic mass is 16.6. The quantitative estimate of drug-likeness (QED) is 0.118. The molecule has 312 valence electrons. The summed E-state index contributed by atoms with van der Waals surface area (Å²) in [6.07, 6.45) is -1.74. The lowest BCUT2D eigenvalue weighted by Gasteiger charge is -2.33. The zero-order valence-corrected chi connectivity index (χ0v) is 33.7. The van der Waals surface area contributed by atoms with Crippen LogP contribution in [0.4, 0.5) is 4.79 Å². The van der Waals surface area contributed by atoms with Crippen molar-refractivity contribution in [2.24, 2.45) is 0 Å². The Bertz CT molecular complexity index is 1640. The van der Waals surface area contributed by atoms with Crippen LogP contribution in [0.15, 0.2) is 78.9 Å². The van der Waals surface area contributed by atoms with E-state index in [0.29, 0.717) is 45.9 Å². The van der Waals surface area contributed by atoms with Crippen LogP contribution < -0.4 is 10.1 Å². The van der Waals surface area contributed by atoms with Crippen LogP contribution in [-0.4, -0.2) is 135 Å². The number of benzene rings is 3. The highest BCUT2D eigenvalue weighted by Gasteiger charge is 2.38. The van der Waals surface area contributed by atoms with E-state index in [0.717, 1.165) is 60.9 Å². The molecule has 2 amide bonds. The maximum absolute atomic E-state index is 14.3. The van der Waals surface area contributed by atoms with Crippen LogP contribution in [0.25, 0.3) is 0 Å². The minimum Gasteiger partial charge on any atom is -0.492 e. The van der Waals surface area contributed by atoms with Gasteiger partial charge in [-0.15, -0.1) is 0 Å². The molecule has 1 aliphatic carbocycles. The molecule has 5 rings (SSSR count). The van der Waals surface area contributed by atoms with E-state index in [1.165, 1.54) is 0 Å². The predicted octanol–water partition coefficient (Wildman–Crippen LogP) is 4.32. The van der Waals surface area contributed by atoms with Gasteiger partial charge >= 0.3 is 6.09 Å². The minimum atomic E-state index is -1.08. The number of hydrogen-bond acceptors (Lipinski definition) is 11. The minimum absolute atomic E-state index is 0.0108. The van der Waals surface area contributed by atoms with Gasteiger partial charge in [-0.05, 0) is 61.1 Å². The fraction of sp³-hybridized carbons (Fsp3) is 0.545. The topological polar surface area (TPSA) is 148 Å². The Morgan fingerprint density at radius 2 is 1.61 bits per heavy atom. The van der Waals surface area contributed by atoms with E-state index < -0.39 is 36.0 Å². The molecule has 1 fully saturated rings. The van der Waals surface area contributed by atoms with Gasteiger partial charge in [-0.1, -0.05) is 66.7 Å². The van der Waals surface area contributed by atoms with Crippen molar-refractivity contribution in [2.75, 3.05) is 79.6 Å². The summed E-state index contributed by atoms with van der Waals surface area (Å²) < 4.78 is 33.3. The van der Waals surface area contributed by atoms with Gasteiger partial charge in [0.25, 0.3) is 0 Å². The van der Waals surface area contributed by atoms with Crippen LogP contribution >= 0.6 is 0 Å². The molecule has 0 spiro atoms. The zero-order chi connectivity index (χ0) is 40.5. The average molecular weight is 792 g/mol. The van der Waals surface area contributed by atoms with E-state index in [-0.39, 0.29) is 31.9 Å². The zero-order valence-electron chi connectivity index (χ0n) is 33.7. The molecule has 3 aromatic carbocycles. The molecule has 1 aliphatic heterocycles. The van der Waals surface area contributed by atoms with Crippen molar-refractivity contribution in [1.29, 1.82) is 0 Å². The Morgan fingerprint density at radius 3 is 2.37 bits per heavy atom. The highest BCUT2D eigenvalue weighted by Crippen LogP contribution is 2.37. The molecule has 0 bridgehead atoms. The number of ether oxygens (including phenoxy) is 6. The van der Waals surface area contributed by atoms with Gasteiger partial charge in [0.2, 0.25) is 5.91 Å². The molecule has 3 N–H and O–H groups in total. The smallest absolute Gasteiger partial charge is 0.408 e. The molecule has 57 heavy (non-hydrogen) atoms. The van der Waals surface area contributed by atoms with Gasteiger partial charge in [0.15, 0.2) is 0 Å². The SMILES string of the molecule is COCCOCCOCC(C)(C)OC(=O)N[C@@H](Cc1ccccc1)[C@@H](O)CCC(=O)N(Cc1ccc(OCCN2CCOCC2)cc1)[C@H]1c2ccccc2C[C@H]1O. The Kier molecular flexibility index (Phi) is 17.6. The third kappa shape index (κ3) is 14.4. The van der Waals surface area contributed by atoms with Crippen molar-refractivity contribution in [3.8, 4) is 5.75 Å². The number of methoxy groups -OCH3 is 1. The monoisotopic (exact) mass is 791 g/mol. The molecule has 1 saturated heterocycles. The lowest BCUT2D eigenvalue weighted by atomic mass is 9.97. The van der Waals surface area contributed by atoms with E-state index in [4.69, 9.17) is 28.4 Å².